The minimum atomic E-state index is -3.99. The Morgan fingerprint density at radius 3 is 2.44 bits per heavy atom. The van der Waals surface area contributed by atoms with E-state index in [2.05, 4.69) is 10.5 Å². The molecule has 3 aromatic rings. The van der Waals surface area contributed by atoms with Gasteiger partial charge in [-0.1, -0.05) is 54.1 Å². The van der Waals surface area contributed by atoms with Gasteiger partial charge < -0.3 is 0 Å². The summed E-state index contributed by atoms with van der Waals surface area (Å²) in [6, 6.07) is 20.7. The van der Waals surface area contributed by atoms with E-state index in [-0.39, 0.29) is 17.1 Å². The summed E-state index contributed by atoms with van der Waals surface area (Å²) in [5, 5.41) is 15.1. The topological polar surface area (TPSA) is 122 Å². The van der Waals surface area contributed by atoms with E-state index in [1.54, 1.807) is 6.07 Å². The zero-order chi connectivity index (χ0) is 24.6. The van der Waals surface area contributed by atoms with Crippen LogP contribution in [0.3, 0.4) is 0 Å². The van der Waals surface area contributed by atoms with Gasteiger partial charge in [-0.3, -0.25) is 14.9 Å². The number of nitro groups is 1. The number of hydrogen-bond donors (Lipinski definition) is 1. The van der Waals surface area contributed by atoms with Crippen LogP contribution in [0.25, 0.3) is 0 Å². The van der Waals surface area contributed by atoms with Crippen LogP contribution in [0, 0.1) is 10.1 Å². The molecule has 0 unspecified atom stereocenters. The number of sulfonamides is 1. The van der Waals surface area contributed by atoms with Gasteiger partial charge in [0.1, 0.15) is 0 Å². The van der Waals surface area contributed by atoms with Crippen molar-refractivity contribution in [3.8, 4) is 0 Å². The summed E-state index contributed by atoms with van der Waals surface area (Å²) >= 11 is 5.88. The molecule has 3 rings (SSSR count). The molecule has 0 saturated heterocycles. The Labute approximate surface area is 201 Å². The normalized spacial score (nSPS) is 11.6. The summed E-state index contributed by atoms with van der Waals surface area (Å²) in [4.78, 5) is 22.8. The van der Waals surface area contributed by atoms with E-state index in [0.717, 1.165) is 9.87 Å². The number of benzene rings is 3. The van der Waals surface area contributed by atoms with Crippen molar-refractivity contribution in [2.24, 2.45) is 5.10 Å². The first-order valence-electron chi connectivity index (χ1n) is 10.1. The van der Waals surface area contributed by atoms with Crippen molar-refractivity contribution in [2.75, 3.05) is 13.1 Å². The van der Waals surface area contributed by atoms with Crippen LogP contribution in [0.5, 0.6) is 0 Å². The molecule has 11 heteroatoms. The molecule has 176 valence electrons. The monoisotopic (exact) mass is 500 g/mol. The molecule has 0 spiro atoms. The Balaban J connectivity index is 1.73. The minimum absolute atomic E-state index is 0.0119. The first kappa shape index (κ1) is 25.0. The molecule has 0 saturated carbocycles. The fourth-order valence-electron chi connectivity index (χ4n) is 3.03. The van der Waals surface area contributed by atoms with Crippen LogP contribution in [-0.4, -0.2) is 42.9 Å². The fourth-order valence-corrected chi connectivity index (χ4v) is 4.55. The van der Waals surface area contributed by atoms with E-state index in [1.807, 2.05) is 30.3 Å². The van der Waals surface area contributed by atoms with Crippen LogP contribution in [0.2, 0.25) is 5.02 Å². The van der Waals surface area contributed by atoms with E-state index in [4.69, 9.17) is 11.6 Å². The molecule has 0 atom stereocenters. The van der Waals surface area contributed by atoms with Crippen LogP contribution in [0.15, 0.2) is 88.9 Å². The molecule has 34 heavy (non-hydrogen) atoms. The summed E-state index contributed by atoms with van der Waals surface area (Å²) in [6.07, 6.45) is 1.64. The Morgan fingerprint density at radius 2 is 1.76 bits per heavy atom. The van der Waals surface area contributed by atoms with Crippen molar-refractivity contribution in [2.45, 2.75) is 11.3 Å². The third-order valence-electron chi connectivity index (χ3n) is 4.75. The molecule has 0 aliphatic carbocycles. The Hall–Kier alpha value is -3.60. The summed E-state index contributed by atoms with van der Waals surface area (Å²) in [7, 11) is -3.99. The van der Waals surface area contributed by atoms with Crippen LogP contribution < -0.4 is 5.43 Å². The second-order valence-corrected chi connectivity index (χ2v) is 9.55. The number of nitrogens with zero attached hydrogens (tertiary/aromatic N) is 3. The summed E-state index contributed by atoms with van der Waals surface area (Å²) in [5.74, 6) is -0.660. The number of rotatable bonds is 10. The number of halogens is 1. The van der Waals surface area contributed by atoms with Gasteiger partial charge in [0, 0.05) is 29.3 Å². The molecule has 0 heterocycles. The lowest BCUT2D eigenvalue weighted by atomic mass is 10.1. The van der Waals surface area contributed by atoms with E-state index in [0.29, 0.717) is 17.0 Å². The summed E-state index contributed by atoms with van der Waals surface area (Å²) in [6.45, 7) is -0.402. The molecule has 1 N–H and O–H groups in total. The molecular formula is C23H21ClN4O5S. The minimum Gasteiger partial charge on any atom is -0.272 e. The number of hydrazone groups is 1. The number of hydrogen-bond acceptors (Lipinski definition) is 6. The predicted molar refractivity (Wildman–Crippen MR) is 129 cm³/mol. The Kier molecular flexibility index (Phi) is 8.47. The number of nitrogens with one attached hydrogen (secondary N) is 1. The molecule has 9 nitrogen and oxygen atoms in total. The lowest BCUT2D eigenvalue weighted by molar-refractivity contribution is -0.384. The van der Waals surface area contributed by atoms with E-state index in [1.165, 1.54) is 48.7 Å². The zero-order valence-corrected chi connectivity index (χ0v) is 19.4. The van der Waals surface area contributed by atoms with Gasteiger partial charge in [-0.15, -0.1) is 0 Å². The average Bonchev–Trinajstić information content (AvgIpc) is 2.82. The van der Waals surface area contributed by atoms with Crippen molar-refractivity contribution in [3.05, 3.63) is 105 Å². The maximum absolute atomic E-state index is 13.2. The summed E-state index contributed by atoms with van der Waals surface area (Å²) < 4.78 is 27.5. The Morgan fingerprint density at radius 1 is 1.06 bits per heavy atom. The molecular weight excluding hydrogens is 480 g/mol. The molecule has 0 fully saturated rings. The molecule has 1 amide bonds. The second kappa shape index (κ2) is 11.5. The van der Waals surface area contributed by atoms with Gasteiger partial charge in [-0.05, 0) is 36.2 Å². The number of carbonyl (C=O) groups is 1. The molecule has 3 aromatic carbocycles. The van der Waals surface area contributed by atoms with Crippen molar-refractivity contribution in [1.29, 1.82) is 0 Å². The van der Waals surface area contributed by atoms with Gasteiger partial charge >= 0.3 is 0 Å². The molecule has 0 aliphatic heterocycles. The van der Waals surface area contributed by atoms with E-state index < -0.39 is 27.4 Å². The third kappa shape index (κ3) is 6.95. The highest BCUT2D eigenvalue weighted by Crippen LogP contribution is 2.19. The highest BCUT2D eigenvalue weighted by molar-refractivity contribution is 7.89. The number of carbonyl (C=O) groups excluding carboxylic acids is 1. The van der Waals surface area contributed by atoms with Gasteiger partial charge in [0.2, 0.25) is 10.0 Å². The van der Waals surface area contributed by atoms with Gasteiger partial charge in [-0.2, -0.15) is 9.41 Å². The summed E-state index contributed by atoms with van der Waals surface area (Å²) in [5.41, 5.74) is 3.49. The van der Waals surface area contributed by atoms with Crippen molar-refractivity contribution >= 4 is 39.4 Å². The Bertz CT molecular complexity index is 1280. The zero-order valence-electron chi connectivity index (χ0n) is 17.9. The van der Waals surface area contributed by atoms with Crippen molar-refractivity contribution < 1.29 is 18.1 Å². The van der Waals surface area contributed by atoms with Gasteiger partial charge in [0.15, 0.2) is 0 Å². The van der Waals surface area contributed by atoms with Crippen molar-refractivity contribution in [3.63, 3.8) is 0 Å². The highest BCUT2D eigenvalue weighted by Gasteiger charge is 2.26. The largest absolute Gasteiger partial charge is 0.272 e. The molecule has 0 aromatic heterocycles. The highest BCUT2D eigenvalue weighted by atomic mass is 35.5. The predicted octanol–water partition coefficient (Wildman–Crippen LogP) is 3.63. The second-order valence-electron chi connectivity index (χ2n) is 7.17. The van der Waals surface area contributed by atoms with Crippen molar-refractivity contribution in [1.82, 2.24) is 9.73 Å². The van der Waals surface area contributed by atoms with Crippen LogP contribution >= 0.6 is 11.6 Å². The number of amides is 1. The van der Waals surface area contributed by atoms with Gasteiger partial charge in [0.05, 0.1) is 22.6 Å². The molecule has 0 bridgehead atoms. The standard InChI is InChI=1S/C23H21ClN4O5S/c24-20-9-11-22(12-10-20)34(32,33)27(14-13-18-5-2-1-3-6-18)17-23(29)26-25-16-19-7-4-8-21(15-19)28(30)31/h1-12,15-16H,13-14,17H2,(H,26,29)/b25-16-. The van der Waals surface area contributed by atoms with Gasteiger partial charge in [0.25, 0.3) is 11.6 Å². The molecule has 0 aliphatic rings. The van der Waals surface area contributed by atoms with E-state index >= 15 is 0 Å². The first-order chi connectivity index (χ1) is 16.3. The smallest absolute Gasteiger partial charge is 0.270 e. The average molecular weight is 501 g/mol. The third-order valence-corrected chi connectivity index (χ3v) is 6.86. The SMILES string of the molecule is O=C(CN(CCc1ccccc1)S(=O)(=O)c1ccc(Cl)cc1)N/N=C\c1cccc([N+](=O)[O-])c1. The molecule has 0 radical (unpaired) electrons. The van der Waals surface area contributed by atoms with Crippen LogP contribution in [0.4, 0.5) is 5.69 Å². The number of non-ortho nitro benzene ring substituents is 1. The maximum atomic E-state index is 13.2. The quantitative estimate of drug-likeness (QED) is 0.259. The van der Waals surface area contributed by atoms with Crippen LogP contribution in [0.1, 0.15) is 11.1 Å². The van der Waals surface area contributed by atoms with E-state index in [9.17, 15) is 23.3 Å². The number of nitro benzene ring substituents is 1. The lowest BCUT2D eigenvalue weighted by Gasteiger charge is -2.21. The van der Waals surface area contributed by atoms with Crippen LogP contribution in [-0.2, 0) is 21.2 Å². The maximum Gasteiger partial charge on any atom is 0.270 e. The fraction of sp³-hybridized carbons (Fsp3) is 0.130. The lowest BCUT2D eigenvalue weighted by Crippen LogP contribution is -2.40. The first-order valence-corrected chi connectivity index (χ1v) is 11.9. The van der Waals surface area contributed by atoms with Gasteiger partial charge in [-0.25, -0.2) is 13.8 Å².